The second kappa shape index (κ2) is 10.7. The van der Waals surface area contributed by atoms with E-state index in [-0.39, 0.29) is 19.4 Å². The van der Waals surface area contributed by atoms with E-state index < -0.39 is 11.9 Å². The van der Waals surface area contributed by atoms with Crippen molar-refractivity contribution in [3.8, 4) is 23.3 Å². The molecule has 3 rings (SSSR count). The molecule has 0 aliphatic rings. The summed E-state index contributed by atoms with van der Waals surface area (Å²) in [5.41, 5.74) is 6.05. The predicted molar refractivity (Wildman–Crippen MR) is 126 cm³/mol. The standard InChI is InChI=1S/C26H22ClN3O4/c1-16-22(13-29)26(20-6-3-18(12-28)4-7-20)17(2)30(16)14-19-5-8-23(27)21(11-19)15-34-25(33)10-9-24(31)32/h3-8,11H,9-10,14-15H2,1-2H3,(H,31,32). The van der Waals surface area contributed by atoms with Gasteiger partial charge in [-0.15, -0.1) is 0 Å². The average molecular weight is 476 g/mol. The molecule has 0 amide bonds. The largest absolute Gasteiger partial charge is 0.481 e. The van der Waals surface area contributed by atoms with E-state index in [1.807, 2.05) is 42.7 Å². The molecule has 34 heavy (non-hydrogen) atoms. The van der Waals surface area contributed by atoms with Gasteiger partial charge in [-0.05, 0) is 49.2 Å². The van der Waals surface area contributed by atoms with E-state index in [1.54, 1.807) is 18.2 Å². The number of carboxylic acid groups (broad SMARTS) is 1. The number of nitriles is 2. The molecule has 0 saturated heterocycles. The predicted octanol–water partition coefficient (Wildman–Crippen LogP) is 5.13. The fourth-order valence-corrected chi connectivity index (χ4v) is 3.95. The Hall–Kier alpha value is -4.07. The van der Waals surface area contributed by atoms with Crippen LogP contribution in [0.15, 0.2) is 42.5 Å². The maximum atomic E-state index is 11.8. The minimum Gasteiger partial charge on any atom is -0.481 e. The summed E-state index contributed by atoms with van der Waals surface area (Å²) >= 11 is 6.27. The van der Waals surface area contributed by atoms with Crippen LogP contribution in [0.5, 0.6) is 0 Å². The van der Waals surface area contributed by atoms with Crippen molar-refractivity contribution in [1.29, 1.82) is 10.5 Å². The number of ether oxygens (including phenoxy) is 1. The number of hydrogen-bond donors (Lipinski definition) is 1. The Bertz CT molecular complexity index is 1330. The smallest absolute Gasteiger partial charge is 0.306 e. The summed E-state index contributed by atoms with van der Waals surface area (Å²) in [5.74, 6) is -1.67. The monoisotopic (exact) mass is 475 g/mol. The van der Waals surface area contributed by atoms with Crippen LogP contribution in [0.3, 0.4) is 0 Å². The summed E-state index contributed by atoms with van der Waals surface area (Å²) < 4.78 is 7.21. The Morgan fingerprint density at radius 1 is 1.03 bits per heavy atom. The quantitative estimate of drug-likeness (QED) is 0.451. The second-order valence-electron chi connectivity index (χ2n) is 7.79. The average Bonchev–Trinajstić information content (AvgIpc) is 3.07. The molecule has 8 heteroatoms. The van der Waals surface area contributed by atoms with Gasteiger partial charge in [0, 0.05) is 34.1 Å². The van der Waals surface area contributed by atoms with Gasteiger partial charge in [-0.25, -0.2) is 0 Å². The first-order chi connectivity index (χ1) is 16.2. The highest BCUT2D eigenvalue weighted by atomic mass is 35.5. The topological polar surface area (TPSA) is 116 Å². The molecule has 0 spiro atoms. The van der Waals surface area contributed by atoms with Crippen LogP contribution in [0.1, 0.15) is 46.5 Å². The molecule has 0 fully saturated rings. The van der Waals surface area contributed by atoms with Crippen molar-refractivity contribution in [3.05, 3.63) is 81.1 Å². The zero-order valence-electron chi connectivity index (χ0n) is 18.8. The van der Waals surface area contributed by atoms with Crippen molar-refractivity contribution in [2.24, 2.45) is 0 Å². The molecule has 0 bridgehead atoms. The number of benzene rings is 2. The van der Waals surface area contributed by atoms with E-state index in [4.69, 9.17) is 26.7 Å². The van der Waals surface area contributed by atoms with Crippen molar-refractivity contribution in [2.75, 3.05) is 0 Å². The number of carbonyl (C=O) groups excluding carboxylic acids is 1. The van der Waals surface area contributed by atoms with E-state index in [2.05, 4.69) is 12.1 Å². The number of carboxylic acids is 1. The van der Waals surface area contributed by atoms with Gasteiger partial charge in [-0.3, -0.25) is 9.59 Å². The molecule has 3 aromatic rings. The van der Waals surface area contributed by atoms with Gasteiger partial charge in [0.05, 0.1) is 30.0 Å². The van der Waals surface area contributed by atoms with Crippen LogP contribution in [0.25, 0.3) is 11.1 Å². The highest BCUT2D eigenvalue weighted by molar-refractivity contribution is 6.31. The molecule has 0 unspecified atom stereocenters. The first kappa shape index (κ1) is 24.6. The minimum atomic E-state index is -1.06. The van der Waals surface area contributed by atoms with E-state index >= 15 is 0 Å². The Labute approximate surface area is 202 Å². The van der Waals surface area contributed by atoms with Crippen molar-refractivity contribution < 1.29 is 19.4 Å². The molecule has 0 saturated carbocycles. The van der Waals surface area contributed by atoms with Crippen molar-refractivity contribution in [3.63, 3.8) is 0 Å². The molecule has 2 aromatic carbocycles. The first-order valence-corrected chi connectivity index (χ1v) is 10.9. The summed E-state index contributed by atoms with van der Waals surface area (Å²) in [4.78, 5) is 22.4. The van der Waals surface area contributed by atoms with Crippen LogP contribution >= 0.6 is 11.6 Å². The highest BCUT2D eigenvalue weighted by Gasteiger charge is 2.19. The lowest BCUT2D eigenvalue weighted by atomic mass is 10.0. The molecule has 1 N–H and O–H groups in total. The van der Waals surface area contributed by atoms with Gasteiger partial charge in [-0.1, -0.05) is 29.8 Å². The first-order valence-electron chi connectivity index (χ1n) is 10.5. The summed E-state index contributed by atoms with van der Waals surface area (Å²) in [5, 5.41) is 28.0. The third-order valence-corrected chi connectivity index (χ3v) is 5.95. The lowest BCUT2D eigenvalue weighted by molar-refractivity contribution is -0.148. The molecule has 1 heterocycles. The summed E-state index contributed by atoms with van der Waals surface area (Å²) in [6.07, 6.45) is -0.495. The number of halogens is 1. The van der Waals surface area contributed by atoms with Gasteiger partial charge in [-0.2, -0.15) is 10.5 Å². The van der Waals surface area contributed by atoms with Crippen LogP contribution in [-0.2, 0) is 27.5 Å². The number of carbonyl (C=O) groups is 2. The van der Waals surface area contributed by atoms with Crippen LogP contribution in [0.4, 0.5) is 0 Å². The third-order valence-electron chi connectivity index (χ3n) is 5.58. The van der Waals surface area contributed by atoms with E-state index in [9.17, 15) is 14.9 Å². The number of nitrogens with zero attached hydrogens (tertiary/aromatic N) is 3. The van der Waals surface area contributed by atoms with E-state index in [0.717, 1.165) is 28.1 Å². The highest BCUT2D eigenvalue weighted by Crippen LogP contribution is 2.33. The lowest BCUT2D eigenvalue weighted by Crippen LogP contribution is -2.08. The molecule has 0 radical (unpaired) electrons. The van der Waals surface area contributed by atoms with Gasteiger partial charge < -0.3 is 14.4 Å². The van der Waals surface area contributed by atoms with Gasteiger partial charge in [0.15, 0.2) is 0 Å². The Kier molecular flexibility index (Phi) is 7.73. The van der Waals surface area contributed by atoms with Crippen LogP contribution < -0.4 is 0 Å². The van der Waals surface area contributed by atoms with Crippen LogP contribution in [0.2, 0.25) is 5.02 Å². The number of esters is 1. The molecular weight excluding hydrogens is 454 g/mol. The lowest BCUT2D eigenvalue weighted by Gasteiger charge is -2.13. The van der Waals surface area contributed by atoms with Crippen molar-refractivity contribution in [2.45, 2.75) is 39.8 Å². The normalized spacial score (nSPS) is 10.4. The van der Waals surface area contributed by atoms with E-state index in [1.165, 1.54) is 0 Å². The summed E-state index contributed by atoms with van der Waals surface area (Å²) in [6, 6.07) is 17.0. The molecule has 0 atom stereocenters. The minimum absolute atomic E-state index is 0.0608. The number of aliphatic carboxylic acids is 1. The molecule has 0 aliphatic heterocycles. The van der Waals surface area contributed by atoms with Crippen molar-refractivity contribution in [1.82, 2.24) is 4.57 Å². The van der Waals surface area contributed by atoms with Gasteiger partial charge in [0.2, 0.25) is 0 Å². The maximum Gasteiger partial charge on any atom is 0.306 e. The van der Waals surface area contributed by atoms with Gasteiger partial charge in [0.25, 0.3) is 0 Å². The zero-order valence-corrected chi connectivity index (χ0v) is 19.5. The van der Waals surface area contributed by atoms with E-state index in [0.29, 0.717) is 28.3 Å². The molecule has 0 aliphatic carbocycles. The van der Waals surface area contributed by atoms with Crippen LogP contribution in [-0.4, -0.2) is 21.6 Å². The van der Waals surface area contributed by atoms with Gasteiger partial charge >= 0.3 is 11.9 Å². The molecule has 7 nitrogen and oxygen atoms in total. The fraction of sp³-hybridized carbons (Fsp3) is 0.231. The molecule has 1 aromatic heterocycles. The van der Waals surface area contributed by atoms with Gasteiger partial charge in [0.1, 0.15) is 12.7 Å². The second-order valence-corrected chi connectivity index (χ2v) is 8.20. The fourth-order valence-electron chi connectivity index (χ4n) is 3.78. The number of rotatable bonds is 8. The maximum absolute atomic E-state index is 11.8. The summed E-state index contributed by atoms with van der Waals surface area (Å²) in [7, 11) is 0. The number of aromatic nitrogens is 1. The molecular formula is C26H22ClN3O4. The summed E-state index contributed by atoms with van der Waals surface area (Å²) in [6.45, 7) is 4.25. The number of hydrogen-bond acceptors (Lipinski definition) is 5. The van der Waals surface area contributed by atoms with Crippen LogP contribution in [0, 0.1) is 36.5 Å². The Balaban J connectivity index is 1.87. The zero-order chi connectivity index (χ0) is 24.8. The molecule has 172 valence electrons. The van der Waals surface area contributed by atoms with Crippen molar-refractivity contribution >= 4 is 23.5 Å². The Morgan fingerprint density at radius 3 is 2.35 bits per heavy atom. The Morgan fingerprint density at radius 2 is 1.74 bits per heavy atom. The third kappa shape index (κ3) is 5.46. The SMILES string of the molecule is Cc1c(C#N)c(-c2ccc(C#N)cc2)c(C)n1Cc1ccc(Cl)c(COC(=O)CCC(=O)O)c1.